The molecule has 7 heteroatoms. The normalized spacial score (nSPS) is 13.5. The summed E-state index contributed by atoms with van der Waals surface area (Å²) in [6.45, 7) is 0. The molecule has 0 radical (unpaired) electrons. The van der Waals surface area contributed by atoms with Gasteiger partial charge in [-0.05, 0) is 31.0 Å². The highest BCUT2D eigenvalue weighted by Crippen LogP contribution is 2.29. The standard InChI is InChI=1S/C20H18N2O4S/c1-25-20(24)14-8-9-26-17(14)11-27-18-10-15(19(23)21-12-6-7-12)13-4-2-3-5-16(13)22-18/h2-5,8-10,12H,6-7,11H2,1H3,(H,21,23). The number of fused-ring (bicyclic) bond motifs is 1. The number of rotatable bonds is 6. The lowest BCUT2D eigenvalue weighted by atomic mass is 10.1. The fourth-order valence-corrected chi connectivity index (χ4v) is 3.65. The number of carbonyl (C=O) groups excluding carboxylic acids is 2. The Labute approximate surface area is 160 Å². The number of esters is 1. The van der Waals surface area contributed by atoms with E-state index in [-0.39, 0.29) is 11.9 Å². The van der Waals surface area contributed by atoms with Crippen molar-refractivity contribution in [3.05, 3.63) is 59.5 Å². The van der Waals surface area contributed by atoms with E-state index in [9.17, 15) is 9.59 Å². The molecule has 6 nitrogen and oxygen atoms in total. The number of furan rings is 1. The van der Waals surface area contributed by atoms with Gasteiger partial charge in [0.2, 0.25) is 0 Å². The van der Waals surface area contributed by atoms with Gasteiger partial charge >= 0.3 is 5.97 Å². The maximum absolute atomic E-state index is 12.6. The Bertz CT molecular complexity index is 1010. The lowest BCUT2D eigenvalue weighted by molar-refractivity contribution is 0.0598. The second-order valence-electron chi connectivity index (χ2n) is 6.31. The number of ether oxygens (including phenoxy) is 1. The number of thioether (sulfide) groups is 1. The average Bonchev–Trinajstić information content (AvgIpc) is 3.38. The van der Waals surface area contributed by atoms with E-state index in [1.807, 2.05) is 24.3 Å². The zero-order valence-electron chi connectivity index (χ0n) is 14.7. The Morgan fingerprint density at radius 1 is 1.26 bits per heavy atom. The second-order valence-corrected chi connectivity index (χ2v) is 7.31. The summed E-state index contributed by atoms with van der Waals surface area (Å²) in [6, 6.07) is 11.3. The number of carbonyl (C=O) groups is 2. The molecule has 2 aromatic heterocycles. The number of nitrogens with zero attached hydrogens (tertiary/aromatic N) is 1. The highest BCUT2D eigenvalue weighted by molar-refractivity contribution is 7.98. The van der Waals surface area contributed by atoms with Gasteiger partial charge in [-0.2, -0.15) is 0 Å². The second kappa shape index (κ2) is 7.44. The van der Waals surface area contributed by atoms with E-state index >= 15 is 0 Å². The number of para-hydroxylation sites is 1. The molecule has 0 unspecified atom stereocenters. The number of nitrogens with one attached hydrogen (secondary N) is 1. The van der Waals surface area contributed by atoms with E-state index in [0.29, 0.717) is 27.7 Å². The number of hydrogen-bond donors (Lipinski definition) is 1. The van der Waals surface area contributed by atoms with Crippen LogP contribution < -0.4 is 5.32 Å². The van der Waals surface area contributed by atoms with Gasteiger partial charge in [-0.3, -0.25) is 4.79 Å². The molecule has 0 aliphatic heterocycles. The van der Waals surface area contributed by atoms with Crippen LogP contribution in [-0.4, -0.2) is 30.0 Å². The molecular weight excluding hydrogens is 364 g/mol. The smallest absolute Gasteiger partial charge is 0.341 e. The molecule has 1 amide bonds. The molecule has 138 valence electrons. The minimum absolute atomic E-state index is 0.0776. The molecule has 1 aromatic carbocycles. The first-order valence-electron chi connectivity index (χ1n) is 8.64. The van der Waals surface area contributed by atoms with E-state index in [2.05, 4.69) is 10.3 Å². The predicted octanol–water partition coefficient (Wildman–Crippen LogP) is 3.80. The maximum Gasteiger partial charge on any atom is 0.341 e. The molecular formula is C20H18N2O4S. The summed E-state index contributed by atoms with van der Waals surface area (Å²) >= 11 is 1.41. The fourth-order valence-electron chi connectivity index (χ4n) is 2.79. The predicted molar refractivity (Wildman–Crippen MR) is 102 cm³/mol. The van der Waals surface area contributed by atoms with Crippen LogP contribution in [0, 0.1) is 0 Å². The summed E-state index contributed by atoms with van der Waals surface area (Å²) in [5.41, 5.74) is 1.77. The molecule has 4 rings (SSSR count). The van der Waals surface area contributed by atoms with Crippen molar-refractivity contribution in [3.63, 3.8) is 0 Å². The molecule has 0 atom stereocenters. The first kappa shape index (κ1) is 17.6. The van der Waals surface area contributed by atoms with Crippen molar-refractivity contribution in [2.45, 2.75) is 29.7 Å². The largest absolute Gasteiger partial charge is 0.468 e. The van der Waals surface area contributed by atoms with Crippen molar-refractivity contribution < 1.29 is 18.7 Å². The number of aromatic nitrogens is 1. The monoisotopic (exact) mass is 382 g/mol. The third kappa shape index (κ3) is 3.83. The number of benzene rings is 1. The van der Waals surface area contributed by atoms with E-state index in [1.54, 1.807) is 12.1 Å². The Morgan fingerprint density at radius 3 is 2.85 bits per heavy atom. The number of methoxy groups -OCH3 is 1. The van der Waals surface area contributed by atoms with Crippen LogP contribution in [-0.2, 0) is 10.5 Å². The van der Waals surface area contributed by atoms with Crippen molar-refractivity contribution in [2.75, 3.05) is 7.11 Å². The molecule has 0 spiro atoms. The number of pyridine rings is 1. The van der Waals surface area contributed by atoms with Crippen LogP contribution in [0.25, 0.3) is 10.9 Å². The third-order valence-corrected chi connectivity index (χ3v) is 5.26. The van der Waals surface area contributed by atoms with Gasteiger partial charge in [0.05, 0.1) is 35.2 Å². The van der Waals surface area contributed by atoms with Gasteiger partial charge in [0.15, 0.2) is 0 Å². The maximum atomic E-state index is 12.6. The highest BCUT2D eigenvalue weighted by Gasteiger charge is 2.25. The SMILES string of the molecule is COC(=O)c1ccoc1CSc1cc(C(=O)NC2CC2)c2ccccc2n1. The van der Waals surface area contributed by atoms with Crippen molar-refractivity contribution in [1.29, 1.82) is 0 Å². The van der Waals surface area contributed by atoms with Crippen LogP contribution in [0.2, 0.25) is 0 Å². The summed E-state index contributed by atoms with van der Waals surface area (Å²) in [5.74, 6) is 0.416. The van der Waals surface area contributed by atoms with Gasteiger partial charge in [-0.15, -0.1) is 0 Å². The van der Waals surface area contributed by atoms with Gasteiger partial charge in [0.25, 0.3) is 5.91 Å². The molecule has 0 saturated heterocycles. The Balaban J connectivity index is 1.61. The lowest BCUT2D eigenvalue weighted by Crippen LogP contribution is -2.25. The Hall–Kier alpha value is -2.80. The van der Waals surface area contributed by atoms with Crippen LogP contribution in [0.3, 0.4) is 0 Å². The van der Waals surface area contributed by atoms with Crippen molar-refractivity contribution in [3.8, 4) is 0 Å². The summed E-state index contributed by atoms with van der Waals surface area (Å²) in [4.78, 5) is 29.1. The summed E-state index contributed by atoms with van der Waals surface area (Å²) in [6.07, 6.45) is 3.53. The Morgan fingerprint density at radius 2 is 2.07 bits per heavy atom. The van der Waals surface area contributed by atoms with Crippen LogP contribution in [0.5, 0.6) is 0 Å². The highest BCUT2D eigenvalue weighted by atomic mass is 32.2. The Kier molecular flexibility index (Phi) is 4.85. The van der Waals surface area contributed by atoms with Crippen molar-refractivity contribution >= 4 is 34.5 Å². The molecule has 1 aliphatic carbocycles. The van der Waals surface area contributed by atoms with Crippen LogP contribution >= 0.6 is 11.8 Å². The van der Waals surface area contributed by atoms with E-state index in [4.69, 9.17) is 9.15 Å². The summed E-state index contributed by atoms with van der Waals surface area (Å²) < 4.78 is 10.2. The summed E-state index contributed by atoms with van der Waals surface area (Å²) in [5, 5.41) is 4.56. The van der Waals surface area contributed by atoms with Gasteiger partial charge in [0.1, 0.15) is 11.3 Å². The molecule has 2 heterocycles. The molecule has 1 aliphatic rings. The third-order valence-electron chi connectivity index (χ3n) is 4.35. The minimum Gasteiger partial charge on any atom is -0.468 e. The van der Waals surface area contributed by atoms with Gasteiger partial charge in [-0.1, -0.05) is 30.0 Å². The van der Waals surface area contributed by atoms with Crippen LogP contribution in [0.4, 0.5) is 0 Å². The summed E-state index contributed by atoms with van der Waals surface area (Å²) in [7, 11) is 1.34. The topological polar surface area (TPSA) is 81.4 Å². The first-order valence-corrected chi connectivity index (χ1v) is 9.62. The lowest BCUT2D eigenvalue weighted by Gasteiger charge is -2.10. The molecule has 1 fully saturated rings. The molecule has 1 saturated carbocycles. The average molecular weight is 382 g/mol. The van der Waals surface area contributed by atoms with Crippen molar-refractivity contribution in [2.24, 2.45) is 0 Å². The van der Waals surface area contributed by atoms with Gasteiger partial charge < -0.3 is 14.5 Å². The number of amides is 1. The van der Waals surface area contributed by atoms with Gasteiger partial charge in [-0.25, -0.2) is 9.78 Å². The molecule has 3 aromatic rings. The fraction of sp³-hybridized carbons (Fsp3) is 0.250. The quantitative estimate of drug-likeness (QED) is 0.516. The first-order chi connectivity index (χ1) is 13.2. The minimum atomic E-state index is -0.435. The molecule has 27 heavy (non-hydrogen) atoms. The van der Waals surface area contributed by atoms with E-state index in [1.165, 1.54) is 25.1 Å². The van der Waals surface area contributed by atoms with Crippen LogP contribution in [0.1, 0.15) is 39.3 Å². The van der Waals surface area contributed by atoms with E-state index < -0.39 is 5.97 Å². The molecule has 1 N–H and O–H groups in total. The zero-order valence-corrected chi connectivity index (χ0v) is 15.5. The molecule has 0 bridgehead atoms. The zero-order chi connectivity index (χ0) is 18.8. The van der Waals surface area contributed by atoms with Crippen LogP contribution in [0.15, 0.2) is 52.1 Å². The van der Waals surface area contributed by atoms with Gasteiger partial charge in [0, 0.05) is 11.4 Å². The van der Waals surface area contributed by atoms with Crippen molar-refractivity contribution in [1.82, 2.24) is 10.3 Å². The number of hydrogen-bond acceptors (Lipinski definition) is 6. The van der Waals surface area contributed by atoms with E-state index in [0.717, 1.165) is 23.7 Å².